The molecule has 0 spiro atoms. The van der Waals surface area contributed by atoms with Crippen LogP contribution in [0.5, 0.6) is 0 Å². The van der Waals surface area contributed by atoms with Crippen LogP contribution in [-0.2, 0) is 4.79 Å². The molecule has 0 aliphatic carbocycles. The maximum absolute atomic E-state index is 11.6. The Morgan fingerprint density at radius 3 is 2.62 bits per heavy atom. The highest BCUT2D eigenvalue weighted by atomic mass is 32.2. The lowest BCUT2D eigenvalue weighted by molar-refractivity contribution is -0.127. The Morgan fingerprint density at radius 1 is 1.44 bits per heavy atom. The molecule has 1 aromatic carbocycles. The van der Waals surface area contributed by atoms with Crippen LogP contribution < -0.4 is 10.0 Å². The molecule has 88 valence electrons. The summed E-state index contributed by atoms with van der Waals surface area (Å²) in [6.45, 7) is 0.345. The van der Waals surface area contributed by atoms with E-state index in [0.717, 1.165) is 5.69 Å². The Bertz CT molecular complexity index is 368. The van der Waals surface area contributed by atoms with Crippen molar-refractivity contribution >= 4 is 29.2 Å². The third-order valence-corrected chi connectivity index (χ3v) is 2.94. The van der Waals surface area contributed by atoms with Crippen molar-refractivity contribution in [2.75, 3.05) is 36.9 Å². The van der Waals surface area contributed by atoms with Gasteiger partial charge in [0, 0.05) is 31.7 Å². The Kier molecular flexibility index (Phi) is 4.49. The maximum Gasteiger partial charge on any atom is 0.242 e. The fraction of sp³-hybridized carbons (Fsp3) is 0.364. The van der Waals surface area contributed by atoms with E-state index in [1.54, 1.807) is 19.0 Å². The second-order valence-electron chi connectivity index (χ2n) is 3.60. The predicted octanol–water partition coefficient (Wildman–Crippen LogP) is 1.44. The number of likely N-dealkylation sites (N-methyl/N-ethyl adjacent to an activating group) is 1. The van der Waals surface area contributed by atoms with E-state index in [1.807, 2.05) is 34.8 Å². The largest absolute Gasteiger partial charge is 0.399 e. The number of hydrogen-bond donors (Lipinski definition) is 1. The van der Waals surface area contributed by atoms with Gasteiger partial charge >= 0.3 is 0 Å². The zero-order chi connectivity index (χ0) is 12.1. The van der Waals surface area contributed by atoms with Crippen LogP contribution in [0.15, 0.2) is 24.3 Å². The normalized spacial score (nSPS) is 9.94. The standard InChI is InChI=1S/C11H17N3OS/c1-13(2)11(15)8-14(16-3)10-6-4-5-9(12)7-10/h4-7H,8,12H2,1-3H3. The molecule has 1 amide bonds. The van der Waals surface area contributed by atoms with Crippen LogP contribution >= 0.6 is 11.9 Å². The van der Waals surface area contributed by atoms with Gasteiger partial charge in [-0.05, 0) is 18.2 Å². The van der Waals surface area contributed by atoms with Crippen molar-refractivity contribution in [3.8, 4) is 0 Å². The maximum atomic E-state index is 11.6. The van der Waals surface area contributed by atoms with Gasteiger partial charge in [-0.2, -0.15) is 0 Å². The van der Waals surface area contributed by atoms with E-state index < -0.39 is 0 Å². The fourth-order valence-corrected chi connectivity index (χ4v) is 1.77. The molecule has 0 unspecified atom stereocenters. The van der Waals surface area contributed by atoms with E-state index in [1.165, 1.54) is 11.9 Å². The summed E-state index contributed by atoms with van der Waals surface area (Å²) in [4.78, 5) is 13.2. The highest BCUT2D eigenvalue weighted by Gasteiger charge is 2.12. The van der Waals surface area contributed by atoms with Crippen molar-refractivity contribution in [3.63, 3.8) is 0 Å². The number of benzene rings is 1. The van der Waals surface area contributed by atoms with Gasteiger partial charge in [-0.15, -0.1) is 0 Å². The molecule has 0 fully saturated rings. The molecule has 4 nitrogen and oxygen atoms in total. The Balaban J connectivity index is 2.78. The van der Waals surface area contributed by atoms with Gasteiger partial charge in [-0.3, -0.25) is 4.79 Å². The summed E-state index contributed by atoms with van der Waals surface area (Å²) in [6.07, 6.45) is 1.94. The number of carbonyl (C=O) groups excluding carboxylic acids is 1. The average molecular weight is 239 g/mol. The van der Waals surface area contributed by atoms with Crippen LogP contribution in [0.4, 0.5) is 11.4 Å². The number of nitrogens with two attached hydrogens (primary N) is 1. The second-order valence-corrected chi connectivity index (χ2v) is 4.41. The molecule has 16 heavy (non-hydrogen) atoms. The molecule has 0 atom stereocenters. The van der Waals surface area contributed by atoms with E-state index in [4.69, 9.17) is 5.73 Å². The first-order chi connectivity index (χ1) is 7.54. The van der Waals surface area contributed by atoms with E-state index in [0.29, 0.717) is 12.2 Å². The minimum Gasteiger partial charge on any atom is -0.399 e. The molecule has 0 saturated heterocycles. The van der Waals surface area contributed by atoms with Crippen LogP contribution in [0.1, 0.15) is 0 Å². The molecule has 0 radical (unpaired) electrons. The monoisotopic (exact) mass is 239 g/mol. The first-order valence-corrected chi connectivity index (χ1v) is 6.10. The molecule has 0 aliphatic rings. The lowest BCUT2D eigenvalue weighted by Gasteiger charge is -2.23. The predicted molar refractivity (Wildman–Crippen MR) is 70.4 cm³/mol. The van der Waals surface area contributed by atoms with E-state index in [9.17, 15) is 4.79 Å². The molecule has 0 heterocycles. The van der Waals surface area contributed by atoms with Gasteiger partial charge in [0.15, 0.2) is 0 Å². The number of hydrogen-bond acceptors (Lipinski definition) is 4. The lowest BCUT2D eigenvalue weighted by atomic mass is 10.3. The van der Waals surface area contributed by atoms with Crippen molar-refractivity contribution in [2.24, 2.45) is 0 Å². The smallest absolute Gasteiger partial charge is 0.242 e. The van der Waals surface area contributed by atoms with Crippen molar-refractivity contribution in [2.45, 2.75) is 0 Å². The van der Waals surface area contributed by atoms with Gasteiger partial charge in [-0.1, -0.05) is 18.0 Å². The molecule has 0 aromatic heterocycles. The van der Waals surface area contributed by atoms with Crippen LogP contribution in [-0.4, -0.2) is 37.7 Å². The van der Waals surface area contributed by atoms with Gasteiger partial charge < -0.3 is 14.9 Å². The average Bonchev–Trinajstić information content (AvgIpc) is 2.25. The van der Waals surface area contributed by atoms with Crippen LogP contribution in [0.25, 0.3) is 0 Å². The fourth-order valence-electron chi connectivity index (χ4n) is 1.21. The highest BCUT2D eigenvalue weighted by Crippen LogP contribution is 2.22. The molecule has 0 aliphatic heterocycles. The lowest BCUT2D eigenvalue weighted by Crippen LogP contribution is -2.32. The minimum atomic E-state index is 0.0665. The number of nitrogen functional groups attached to an aromatic ring is 1. The molecule has 1 rings (SSSR count). The third kappa shape index (κ3) is 3.34. The van der Waals surface area contributed by atoms with Crippen LogP contribution in [0.2, 0.25) is 0 Å². The van der Waals surface area contributed by atoms with Crippen LogP contribution in [0, 0.1) is 0 Å². The zero-order valence-corrected chi connectivity index (χ0v) is 10.6. The van der Waals surface area contributed by atoms with Gasteiger partial charge in [0.1, 0.15) is 6.54 Å². The molecule has 2 N–H and O–H groups in total. The van der Waals surface area contributed by atoms with Crippen molar-refractivity contribution in [1.29, 1.82) is 0 Å². The van der Waals surface area contributed by atoms with Gasteiger partial charge in [0.05, 0.1) is 0 Å². The molecule has 0 saturated carbocycles. The van der Waals surface area contributed by atoms with Gasteiger partial charge in [-0.25, -0.2) is 0 Å². The van der Waals surface area contributed by atoms with Crippen molar-refractivity contribution in [3.05, 3.63) is 24.3 Å². The third-order valence-electron chi connectivity index (χ3n) is 2.16. The number of amides is 1. The summed E-state index contributed by atoms with van der Waals surface area (Å²) < 4.78 is 1.92. The molecular formula is C11H17N3OS. The summed E-state index contributed by atoms with van der Waals surface area (Å²) in [5.41, 5.74) is 7.36. The first-order valence-electron chi connectivity index (χ1n) is 4.92. The highest BCUT2D eigenvalue weighted by molar-refractivity contribution is 8.00. The zero-order valence-electron chi connectivity index (χ0n) is 9.80. The number of anilines is 2. The van der Waals surface area contributed by atoms with Crippen molar-refractivity contribution < 1.29 is 4.79 Å². The first kappa shape index (κ1) is 12.7. The summed E-state index contributed by atoms with van der Waals surface area (Å²) >= 11 is 1.51. The van der Waals surface area contributed by atoms with Gasteiger partial charge in [0.25, 0.3) is 0 Å². The molecule has 5 heteroatoms. The number of nitrogens with zero attached hydrogens (tertiary/aromatic N) is 2. The topological polar surface area (TPSA) is 49.6 Å². The SMILES string of the molecule is CSN(CC(=O)N(C)C)c1cccc(N)c1. The Hall–Kier alpha value is -1.36. The molecular weight excluding hydrogens is 222 g/mol. The second kappa shape index (κ2) is 5.65. The Labute approximate surface area is 101 Å². The van der Waals surface area contributed by atoms with E-state index >= 15 is 0 Å². The van der Waals surface area contributed by atoms with Crippen LogP contribution in [0.3, 0.4) is 0 Å². The number of rotatable bonds is 4. The van der Waals surface area contributed by atoms with E-state index in [2.05, 4.69) is 0 Å². The Morgan fingerprint density at radius 2 is 2.12 bits per heavy atom. The number of carbonyl (C=O) groups is 1. The van der Waals surface area contributed by atoms with Gasteiger partial charge in [0.2, 0.25) is 5.91 Å². The summed E-state index contributed by atoms with van der Waals surface area (Å²) in [6, 6.07) is 7.51. The quantitative estimate of drug-likeness (QED) is 0.638. The molecule has 1 aromatic rings. The summed E-state index contributed by atoms with van der Waals surface area (Å²) in [5.74, 6) is 0.0665. The summed E-state index contributed by atoms with van der Waals surface area (Å²) in [5, 5.41) is 0. The van der Waals surface area contributed by atoms with E-state index in [-0.39, 0.29) is 5.91 Å². The molecule has 0 bridgehead atoms. The van der Waals surface area contributed by atoms with Crippen molar-refractivity contribution in [1.82, 2.24) is 4.90 Å². The minimum absolute atomic E-state index is 0.0665. The summed E-state index contributed by atoms with van der Waals surface area (Å²) in [7, 11) is 3.50.